The Labute approximate surface area is 190 Å². The Morgan fingerprint density at radius 1 is 0.906 bits per heavy atom. The van der Waals surface area contributed by atoms with Crippen molar-refractivity contribution < 1.29 is 14.3 Å². The third kappa shape index (κ3) is 4.59. The van der Waals surface area contributed by atoms with Crippen LogP contribution in [0.2, 0.25) is 0 Å². The van der Waals surface area contributed by atoms with Gasteiger partial charge >= 0.3 is 6.03 Å². The lowest BCUT2D eigenvalue weighted by molar-refractivity contribution is -0.140. The van der Waals surface area contributed by atoms with Gasteiger partial charge in [0.15, 0.2) is 0 Å². The van der Waals surface area contributed by atoms with E-state index in [1.165, 1.54) is 6.42 Å². The standard InChI is InChI=1S/C26H33N3O3/c1-20-7-6-8-22(19-20)27-25(31)29-17-15-28(16-18-29)24(30)26(13-4-3-5-14-26)21-9-11-23(32-2)12-10-21/h6-12,19H,3-5,13-18H2,1-2H3,(H,27,31). The maximum atomic E-state index is 13.8. The second kappa shape index (κ2) is 9.63. The maximum absolute atomic E-state index is 13.8. The highest BCUT2D eigenvalue weighted by atomic mass is 16.5. The first-order valence-corrected chi connectivity index (χ1v) is 11.6. The molecular formula is C26H33N3O3. The van der Waals surface area contributed by atoms with Crippen molar-refractivity contribution in [2.45, 2.75) is 44.4 Å². The Kier molecular flexibility index (Phi) is 6.68. The highest BCUT2D eigenvalue weighted by Crippen LogP contribution is 2.41. The number of piperazine rings is 1. The molecule has 6 nitrogen and oxygen atoms in total. The molecule has 0 aromatic heterocycles. The van der Waals surface area contributed by atoms with Gasteiger partial charge in [0.2, 0.25) is 5.91 Å². The van der Waals surface area contributed by atoms with E-state index in [0.717, 1.165) is 48.2 Å². The number of hydrogen-bond donors (Lipinski definition) is 1. The number of aryl methyl sites for hydroxylation is 1. The maximum Gasteiger partial charge on any atom is 0.321 e. The molecule has 2 fully saturated rings. The van der Waals surface area contributed by atoms with E-state index in [4.69, 9.17) is 4.74 Å². The third-order valence-corrected chi connectivity index (χ3v) is 6.88. The van der Waals surface area contributed by atoms with Crippen molar-refractivity contribution in [2.24, 2.45) is 0 Å². The lowest BCUT2D eigenvalue weighted by Gasteiger charge is -2.43. The van der Waals surface area contributed by atoms with Gasteiger partial charge in [-0.25, -0.2) is 4.79 Å². The smallest absolute Gasteiger partial charge is 0.321 e. The Bertz CT molecular complexity index is 943. The Balaban J connectivity index is 1.43. The SMILES string of the molecule is COc1ccc(C2(C(=O)N3CCN(C(=O)Nc4cccc(C)c4)CC3)CCCCC2)cc1. The van der Waals surface area contributed by atoms with E-state index in [0.29, 0.717) is 26.2 Å². The first-order chi connectivity index (χ1) is 15.5. The van der Waals surface area contributed by atoms with Gasteiger partial charge in [-0.2, -0.15) is 0 Å². The first kappa shape index (κ1) is 22.2. The molecule has 4 rings (SSSR count). The van der Waals surface area contributed by atoms with Crippen LogP contribution in [-0.4, -0.2) is 55.0 Å². The predicted molar refractivity (Wildman–Crippen MR) is 126 cm³/mol. The summed E-state index contributed by atoms with van der Waals surface area (Å²) in [7, 11) is 1.66. The molecule has 0 spiro atoms. The number of amides is 3. The fourth-order valence-corrected chi connectivity index (χ4v) is 5.03. The molecule has 1 N–H and O–H groups in total. The fraction of sp³-hybridized carbons (Fsp3) is 0.462. The van der Waals surface area contributed by atoms with Crippen LogP contribution >= 0.6 is 0 Å². The van der Waals surface area contributed by atoms with Gasteiger partial charge in [0, 0.05) is 31.9 Å². The number of urea groups is 1. The Morgan fingerprint density at radius 3 is 2.19 bits per heavy atom. The summed E-state index contributed by atoms with van der Waals surface area (Å²) in [5, 5.41) is 2.98. The highest BCUT2D eigenvalue weighted by molar-refractivity contribution is 5.91. The summed E-state index contributed by atoms with van der Waals surface area (Å²) in [5.41, 5.74) is 2.53. The monoisotopic (exact) mass is 435 g/mol. The van der Waals surface area contributed by atoms with Crippen LogP contribution in [0.4, 0.5) is 10.5 Å². The molecule has 0 bridgehead atoms. The van der Waals surface area contributed by atoms with Crippen molar-refractivity contribution in [1.29, 1.82) is 0 Å². The summed E-state index contributed by atoms with van der Waals surface area (Å²) in [6.07, 6.45) is 5.07. The summed E-state index contributed by atoms with van der Waals surface area (Å²) in [5.74, 6) is 1.02. The zero-order valence-electron chi connectivity index (χ0n) is 19.1. The van der Waals surface area contributed by atoms with Gasteiger partial charge in [-0.3, -0.25) is 4.79 Å². The average molecular weight is 436 g/mol. The Hall–Kier alpha value is -3.02. The van der Waals surface area contributed by atoms with Crippen LogP contribution in [0.1, 0.15) is 43.2 Å². The van der Waals surface area contributed by atoms with Crippen LogP contribution < -0.4 is 10.1 Å². The van der Waals surface area contributed by atoms with Gasteiger partial charge in [-0.1, -0.05) is 43.5 Å². The van der Waals surface area contributed by atoms with E-state index in [1.807, 2.05) is 60.4 Å². The minimum absolute atomic E-state index is 0.106. The molecule has 0 atom stereocenters. The minimum Gasteiger partial charge on any atom is -0.497 e. The van der Waals surface area contributed by atoms with E-state index in [1.54, 1.807) is 12.0 Å². The summed E-state index contributed by atoms with van der Waals surface area (Å²) >= 11 is 0. The van der Waals surface area contributed by atoms with E-state index < -0.39 is 5.41 Å². The first-order valence-electron chi connectivity index (χ1n) is 11.6. The lowest BCUT2D eigenvalue weighted by atomic mass is 9.68. The third-order valence-electron chi connectivity index (χ3n) is 6.88. The number of rotatable bonds is 4. The van der Waals surface area contributed by atoms with Crippen molar-refractivity contribution >= 4 is 17.6 Å². The molecule has 0 unspecified atom stereocenters. The van der Waals surface area contributed by atoms with Crippen LogP contribution in [-0.2, 0) is 10.2 Å². The molecule has 6 heteroatoms. The summed E-state index contributed by atoms with van der Waals surface area (Å²) in [6.45, 7) is 4.23. The topological polar surface area (TPSA) is 61.9 Å². The van der Waals surface area contributed by atoms with E-state index >= 15 is 0 Å². The molecular weight excluding hydrogens is 402 g/mol. The van der Waals surface area contributed by atoms with Crippen LogP contribution in [0, 0.1) is 6.92 Å². The van der Waals surface area contributed by atoms with Crippen molar-refractivity contribution in [1.82, 2.24) is 9.80 Å². The summed E-state index contributed by atoms with van der Waals surface area (Å²) in [4.78, 5) is 30.3. The normalized spacial score (nSPS) is 18.2. The summed E-state index contributed by atoms with van der Waals surface area (Å²) < 4.78 is 5.31. The zero-order chi connectivity index (χ0) is 22.6. The van der Waals surface area contributed by atoms with Gasteiger partial charge in [0.25, 0.3) is 0 Å². The molecule has 170 valence electrons. The number of nitrogens with one attached hydrogen (secondary N) is 1. The molecule has 0 radical (unpaired) electrons. The molecule has 1 saturated carbocycles. The number of ether oxygens (including phenoxy) is 1. The Morgan fingerprint density at radius 2 is 1.56 bits per heavy atom. The quantitative estimate of drug-likeness (QED) is 0.765. The number of carbonyl (C=O) groups is 2. The van der Waals surface area contributed by atoms with Crippen molar-refractivity contribution in [3.8, 4) is 5.75 Å². The molecule has 2 aliphatic rings. The number of anilines is 1. The van der Waals surface area contributed by atoms with E-state index in [-0.39, 0.29) is 11.9 Å². The van der Waals surface area contributed by atoms with Gasteiger partial charge < -0.3 is 19.9 Å². The highest BCUT2D eigenvalue weighted by Gasteiger charge is 2.44. The number of methoxy groups -OCH3 is 1. The molecule has 1 aliphatic heterocycles. The number of benzene rings is 2. The lowest BCUT2D eigenvalue weighted by Crippen LogP contribution is -2.56. The fourth-order valence-electron chi connectivity index (χ4n) is 5.03. The summed E-state index contributed by atoms with van der Waals surface area (Å²) in [6, 6.07) is 15.7. The number of hydrogen-bond acceptors (Lipinski definition) is 3. The van der Waals surface area contributed by atoms with Crippen LogP contribution in [0.15, 0.2) is 48.5 Å². The minimum atomic E-state index is -0.462. The second-order valence-electron chi connectivity index (χ2n) is 8.95. The van der Waals surface area contributed by atoms with Crippen molar-refractivity contribution in [3.63, 3.8) is 0 Å². The number of nitrogens with zero attached hydrogens (tertiary/aromatic N) is 2. The van der Waals surface area contributed by atoms with Gasteiger partial charge in [0.05, 0.1) is 12.5 Å². The van der Waals surface area contributed by atoms with Gasteiger partial charge in [-0.15, -0.1) is 0 Å². The van der Waals surface area contributed by atoms with Crippen LogP contribution in [0.3, 0.4) is 0 Å². The molecule has 2 aromatic carbocycles. The molecule has 1 aliphatic carbocycles. The predicted octanol–water partition coefficient (Wildman–Crippen LogP) is 4.58. The van der Waals surface area contributed by atoms with Gasteiger partial charge in [0.1, 0.15) is 5.75 Å². The molecule has 1 heterocycles. The van der Waals surface area contributed by atoms with Crippen LogP contribution in [0.25, 0.3) is 0 Å². The van der Waals surface area contributed by atoms with Crippen molar-refractivity contribution in [3.05, 3.63) is 59.7 Å². The largest absolute Gasteiger partial charge is 0.497 e. The number of carbonyl (C=O) groups excluding carboxylic acids is 2. The van der Waals surface area contributed by atoms with E-state index in [9.17, 15) is 9.59 Å². The average Bonchev–Trinajstić information content (AvgIpc) is 2.84. The zero-order valence-corrected chi connectivity index (χ0v) is 19.1. The van der Waals surface area contributed by atoms with Crippen molar-refractivity contribution in [2.75, 3.05) is 38.6 Å². The molecule has 3 amide bonds. The molecule has 2 aromatic rings. The molecule has 32 heavy (non-hydrogen) atoms. The van der Waals surface area contributed by atoms with E-state index in [2.05, 4.69) is 5.32 Å². The van der Waals surface area contributed by atoms with Gasteiger partial charge in [-0.05, 0) is 55.2 Å². The second-order valence-corrected chi connectivity index (χ2v) is 8.95. The van der Waals surface area contributed by atoms with Crippen LogP contribution in [0.5, 0.6) is 5.75 Å². The molecule has 1 saturated heterocycles.